The van der Waals surface area contributed by atoms with Gasteiger partial charge in [0.15, 0.2) is 0 Å². The van der Waals surface area contributed by atoms with E-state index in [0.717, 1.165) is 83.9 Å². The lowest BCUT2D eigenvalue weighted by atomic mass is 9.70. The smallest absolute Gasteiger partial charge is 0.150 e. The van der Waals surface area contributed by atoms with Gasteiger partial charge in [0, 0.05) is 12.1 Å². The maximum absolute atomic E-state index is 10.5. The van der Waals surface area contributed by atoms with Crippen LogP contribution >= 0.6 is 0 Å². The van der Waals surface area contributed by atoms with Crippen molar-refractivity contribution in [3.63, 3.8) is 0 Å². The van der Waals surface area contributed by atoms with Crippen LogP contribution < -0.4 is 16.4 Å². The second-order valence-corrected chi connectivity index (χ2v) is 13.6. The zero-order chi connectivity index (χ0) is 37.1. The van der Waals surface area contributed by atoms with Crippen LogP contribution in [-0.2, 0) is 6.42 Å². The van der Waals surface area contributed by atoms with Gasteiger partial charge in [-0.2, -0.15) is 0 Å². The van der Waals surface area contributed by atoms with Crippen LogP contribution in [0, 0.1) is 0 Å². The number of hydrogen-bond donors (Lipinski definition) is 2. The van der Waals surface area contributed by atoms with E-state index in [9.17, 15) is 10.2 Å². The van der Waals surface area contributed by atoms with E-state index in [-0.39, 0.29) is 16.4 Å². The molecule has 1 heterocycles. The van der Waals surface area contributed by atoms with Crippen LogP contribution in [0.2, 0.25) is 0 Å². The fraction of sp³-hybridized carbons (Fsp3) is 0.0426. The molecule has 9 rings (SSSR count). The van der Waals surface area contributed by atoms with Gasteiger partial charge in [0.1, 0.15) is 40.9 Å². The summed E-state index contributed by atoms with van der Waals surface area (Å²) in [6, 6.07) is 50.6. The van der Waals surface area contributed by atoms with E-state index in [4.69, 9.17) is 28.5 Å². The Morgan fingerprint density at radius 3 is 1.56 bits per heavy atom. The largest absolute Gasteiger partial charge is 0.505 e. The van der Waals surface area contributed by atoms with E-state index >= 15 is 0 Å². The first-order valence-corrected chi connectivity index (χ1v) is 17.9. The Balaban J connectivity index is 1.14. The molecular formula is C47H31B3N2O2. The van der Waals surface area contributed by atoms with Crippen molar-refractivity contribution in [3.05, 3.63) is 151 Å². The number of rotatable bonds is 6. The summed E-state index contributed by atoms with van der Waals surface area (Å²) in [5, 5.41) is 25.2. The predicted molar refractivity (Wildman–Crippen MR) is 227 cm³/mol. The molecule has 0 aliphatic carbocycles. The Kier molecular flexibility index (Phi) is 8.16. The number of aromatic hydroxyl groups is 2. The number of phenolic OH excluding ortho intramolecular Hbond substituents is 2. The Bertz CT molecular complexity index is 2830. The van der Waals surface area contributed by atoms with Crippen molar-refractivity contribution in [2.45, 2.75) is 13.3 Å². The van der Waals surface area contributed by atoms with Gasteiger partial charge < -0.3 is 10.2 Å². The first kappa shape index (κ1) is 33.4. The summed E-state index contributed by atoms with van der Waals surface area (Å²) in [5.74, 6) is 0.0382. The lowest BCUT2D eigenvalue weighted by Crippen LogP contribution is -2.33. The van der Waals surface area contributed by atoms with Gasteiger partial charge in [-0.25, -0.2) is 4.98 Å². The van der Waals surface area contributed by atoms with E-state index in [0.29, 0.717) is 11.1 Å². The highest BCUT2D eigenvalue weighted by Crippen LogP contribution is 2.44. The van der Waals surface area contributed by atoms with Gasteiger partial charge >= 0.3 is 0 Å². The summed E-state index contributed by atoms with van der Waals surface area (Å²) in [5.41, 5.74) is 10.8. The molecule has 0 bridgehead atoms. The molecule has 1 aromatic heterocycles. The SMILES string of the molecule is [B]c1c([B])c(-c2cccc(-c3c4ccccc4c(-c4ccc(-c5ccc(-n6c(CC)nc7ccccc76)cc5)cc4)c4ccccc34)c2)c([B])c(O)c1O. The maximum atomic E-state index is 10.5. The molecule has 2 N–H and O–H groups in total. The second kappa shape index (κ2) is 13.2. The summed E-state index contributed by atoms with van der Waals surface area (Å²) in [6.07, 6.45) is 0.847. The summed E-state index contributed by atoms with van der Waals surface area (Å²) >= 11 is 0. The molecule has 7 heteroatoms. The summed E-state index contributed by atoms with van der Waals surface area (Å²) in [7, 11) is 18.7. The molecule has 250 valence electrons. The summed E-state index contributed by atoms with van der Waals surface area (Å²) < 4.78 is 2.25. The molecule has 9 aromatic rings. The number of nitrogens with zero attached hydrogens (tertiary/aromatic N) is 2. The van der Waals surface area contributed by atoms with Gasteiger partial charge in [-0.15, -0.1) is 0 Å². The molecule has 0 fully saturated rings. The van der Waals surface area contributed by atoms with Gasteiger partial charge in [-0.1, -0.05) is 133 Å². The highest BCUT2D eigenvalue weighted by Gasteiger charge is 2.20. The molecule has 6 radical (unpaired) electrons. The van der Waals surface area contributed by atoms with Gasteiger partial charge in [0.05, 0.1) is 11.0 Å². The normalized spacial score (nSPS) is 11.5. The molecule has 0 unspecified atom stereocenters. The van der Waals surface area contributed by atoms with Gasteiger partial charge in [0.2, 0.25) is 0 Å². The van der Waals surface area contributed by atoms with Crippen LogP contribution in [0.25, 0.3) is 82.8 Å². The highest BCUT2D eigenvalue weighted by atomic mass is 16.3. The molecule has 0 aliphatic rings. The Hall–Kier alpha value is -6.46. The molecule has 0 amide bonds. The minimum absolute atomic E-state index is 0.0294. The number of hydrogen-bond acceptors (Lipinski definition) is 3. The van der Waals surface area contributed by atoms with Crippen molar-refractivity contribution in [2.24, 2.45) is 0 Å². The van der Waals surface area contributed by atoms with E-state index < -0.39 is 11.5 Å². The lowest BCUT2D eigenvalue weighted by molar-refractivity contribution is 0.410. The fourth-order valence-corrected chi connectivity index (χ4v) is 7.91. The van der Waals surface area contributed by atoms with Crippen LogP contribution in [0.3, 0.4) is 0 Å². The third-order valence-corrected chi connectivity index (χ3v) is 10.5. The molecular weight excluding hydrogens is 657 g/mol. The average Bonchev–Trinajstić information content (AvgIpc) is 3.60. The van der Waals surface area contributed by atoms with Crippen molar-refractivity contribution in [1.29, 1.82) is 0 Å². The highest BCUT2D eigenvalue weighted by molar-refractivity contribution is 6.55. The second-order valence-electron chi connectivity index (χ2n) is 13.6. The summed E-state index contributed by atoms with van der Waals surface area (Å²) in [4.78, 5) is 4.86. The number of phenols is 2. The summed E-state index contributed by atoms with van der Waals surface area (Å²) in [6.45, 7) is 2.14. The molecule has 8 aromatic carbocycles. The fourth-order valence-electron chi connectivity index (χ4n) is 7.91. The molecule has 0 saturated heterocycles. The quantitative estimate of drug-likeness (QED) is 0.105. The molecule has 0 spiro atoms. The third-order valence-electron chi connectivity index (χ3n) is 10.5. The van der Waals surface area contributed by atoms with E-state index in [1.807, 2.05) is 24.3 Å². The number of fused-ring (bicyclic) bond motifs is 3. The van der Waals surface area contributed by atoms with Crippen molar-refractivity contribution >= 4 is 72.5 Å². The minimum atomic E-state index is -0.520. The minimum Gasteiger partial charge on any atom is -0.505 e. The Labute approximate surface area is 317 Å². The number of benzene rings is 8. The van der Waals surface area contributed by atoms with Gasteiger partial charge in [0.25, 0.3) is 0 Å². The molecule has 54 heavy (non-hydrogen) atoms. The van der Waals surface area contributed by atoms with Crippen LogP contribution in [0.1, 0.15) is 12.7 Å². The van der Waals surface area contributed by atoms with E-state index in [1.165, 1.54) is 0 Å². The van der Waals surface area contributed by atoms with Crippen LogP contribution in [-0.4, -0.2) is 43.3 Å². The maximum Gasteiger partial charge on any atom is 0.150 e. The van der Waals surface area contributed by atoms with Crippen LogP contribution in [0.15, 0.2) is 146 Å². The Morgan fingerprint density at radius 2 is 0.963 bits per heavy atom. The number of aryl methyl sites for hydroxylation is 1. The number of para-hydroxylation sites is 2. The van der Waals surface area contributed by atoms with Gasteiger partial charge in [-0.05, 0) is 102 Å². The van der Waals surface area contributed by atoms with Gasteiger partial charge in [-0.3, -0.25) is 4.57 Å². The van der Waals surface area contributed by atoms with Crippen molar-refractivity contribution in [1.82, 2.24) is 9.55 Å². The molecule has 0 aliphatic heterocycles. The zero-order valence-corrected chi connectivity index (χ0v) is 29.6. The first-order valence-electron chi connectivity index (χ1n) is 17.9. The monoisotopic (exact) mass is 688 g/mol. The van der Waals surface area contributed by atoms with Crippen LogP contribution in [0.5, 0.6) is 11.5 Å². The zero-order valence-electron chi connectivity index (χ0n) is 29.6. The molecule has 0 saturated carbocycles. The average molecular weight is 688 g/mol. The lowest BCUT2D eigenvalue weighted by Gasteiger charge is -2.20. The molecule has 0 atom stereocenters. The van der Waals surface area contributed by atoms with E-state index in [2.05, 4.69) is 133 Å². The first-order chi connectivity index (χ1) is 26.3. The topological polar surface area (TPSA) is 58.3 Å². The predicted octanol–water partition coefficient (Wildman–Crippen LogP) is 8.35. The standard InChI is InChI=1S/C47H31B3N2O2/c1-2-39-51-37-16-7-8-17-38(37)52(39)32-24-22-28(23-25-32)27-18-20-29(21-19-27)40-33-12-3-5-14-35(33)41(36-15-6-4-13-34(36)40)30-10-9-11-31(26-30)42-43(48)45(50)47(54)46(53)44(42)49/h3-26,53-54H,2H2,1H3. The van der Waals surface area contributed by atoms with Crippen molar-refractivity contribution in [2.75, 3.05) is 0 Å². The third kappa shape index (κ3) is 5.30. The number of imidazole rings is 1. The Morgan fingerprint density at radius 1 is 0.481 bits per heavy atom. The van der Waals surface area contributed by atoms with Crippen molar-refractivity contribution < 1.29 is 10.2 Å². The molecule has 4 nitrogen and oxygen atoms in total. The van der Waals surface area contributed by atoms with Crippen molar-refractivity contribution in [3.8, 4) is 61.7 Å². The van der Waals surface area contributed by atoms with Crippen LogP contribution in [0.4, 0.5) is 0 Å². The van der Waals surface area contributed by atoms with E-state index in [1.54, 1.807) is 0 Å². The number of aromatic nitrogens is 2.